The number of hydrogen-bond donors (Lipinski definition) is 2. The highest BCUT2D eigenvalue weighted by Crippen LogP contribution is 2.50. The second-order valence-electron chi connectivity index (χ2n) is 6.24. The van der Waals surface area contributed by atoms with Gasteiger partial charge in [0.25, 0.3) is 0 Å². The van der Waals surface area contributed by atoms with Gasteiger partial charge in [0.2, 0.25) is 0 Å². The predicted octanol–water partition coefficient (Wildman–Crippen LogP) is 3.91. The molecule has 2 heterocycles. The van der Waals surface area contributed by atoms with Crippen molar-refractivity contribution in [1.29, 1.82) is 0 Å². The lowest BCUT2D eigenvalue weighted by Gasteiger charge is -2.38. The number of fused-ring (bicyclic) bond motifs is 3. The fourth-order valence-electron chi connectivity index (χ4n) is 3.90. The fraction of sp³-hybridized carbons (Fsp3) is 0.263. The third-order valence-electron chi connectivity index (χ3n) is 5.03. The lowest BCUT2D eigenvalue weighted by molar-refractivity contribution is 0.0696. The number of rotatable bonds is 2. The van der Waals surface area contributed by atoms with E-state index in [2.05, 4.69) is 22.5 Å². The Morgan fingerprint density at radius 2 is 2.17 bits per heavy atom. The van der Waals surface area contributed by atoms with E-state index in [1.807, 2.05) is 37.4 Å². The number of pyridine rings is 1. The summed E-state index contributed by atoms with van der Waals surface area (Å²) in [6, 6.07) is 9.74. The van der Waals surface area contributed by atoms with Gasteiger partial charge in [-0.25, -0.2) is 4.79 Å². The van der Waals surface area contributed by atoms with Gasteiger partial charge in [-0.1, -0.05) is 24.3 Å². The third-order valence-corrected chi connectivity index (χ3v) is 5.03. The number of anilines is 1. The molecule has 0 amide bonds. The Bertz CT molecular complexity index is 799. The Labute approximate surface area is 134 Å². The van der Waals surface area contributed by atoms with Gasteiger partial charge in [-0.15, -0.1) is 0 Å². The zero-order valence-corrected chi connectivity index (χ0v) is 12.9. The normalized spacial score (nSPS) is 24.7. The molecule has 0 unspecified atom stereocenters. The molecule has 4 nitrogen and oxygen atoms in total. The number of aromatic nitrogens is 1. The molecule has 23 heavy (non-hydrogen) atoms. The average molecular weight is 306 g/mol. The summed E-state index contributed by atoms with van der Waals surface area (Å²) in [6.45, 7) is 1.88. The average Bonchev–Trinajstić information content (AvgIpc) is 3.05. The van der Waals surface area contributed by atoms with E-state index in [-0.39, 0.29) is 6.04 Å². The van der Waals surface area contributed by atoms with Crippen LogP contribution in [0.1, 0.15) is 45.6 Å². The summed E-state index contributed by atoms with van der Waals surface area (Å²) < 4.78 is 0. The number of benzene rings is 1. The zero-order chi connectivity index (χ0) is 16.0. The molecule has 2 aromatic rings. The molecule has 0 saturated heterocycles. The highest BCUT2D eigenvalue weighted by Gasteiger charge is 2.39. The van der Waals surface area contributed by atoms with E-state index in [9.17, 15) is 9.90 Å². The largest absolute Gasteiger partial charge is 0.478 e. The molecule has 1 aliphatic carbocycles. The van der Waals surface area contributed by atoms with E-state index in [1.54, 1.807) is 6.07 Å². The Hall–Kier alpha value is -2.62. The molecule has 2 N–H and O–H groups in total. The highest BCUT2D eigenvalue weighted by molar-refractivity contribution is 5.92. The Kier molecular flexibility index (Phi) is 3.18. The molecule has 0 bridgehead atoms. The van der Waals surface area contributed by atoms with Crippen LogP contribution in [-0.2, 0) is 0 Å². The summed E-state index contributed by atoms with van der Waals surface area (Å²) in [6.07, 6.45) is 7.30. The molecule has 4 rings (SSSR count). The number of allylic oxidation sites excluding steroid dienone is 2. The van der Waals surface area contributed by atoms with Crippen molar-refractivity contribution in [1.82, 2.24) is 4.98 Å². The van der Waals surface area contributed by atoms with Crippen LogP contribution in [0.5, 0.6) is 0 Å². The first kappa shape index (κ1) is 14.0. The van der Waals surface area contributed by atoms with Gasteiger partial charge in [0.15, 0.2) is 0 Å². The van der Waals surface area contributed by atoms with Crippen LogP contribution in [0.2, 0.25) is 0 Å². The van der Waals surface area contributed by atoms with E-state index < -0.39 is 5.97 Å². The first-order valence-electron chi connectivity index (χ1n) is 7.87. The minimum absolute atomic E-state index is 0.103. The second kappa shape index (κ2) is 5.23. The second-order valence-corrected chi connectivity index (χ2v) is 6.24. The minimum atomic E-state index is -0.884. The number of aromatic carboxylic acids is 1. The van der Waals surface area contributed by atoms with Gasteiger partial charge in [-0.3, -0.25) is 4.98 Å². The molecule has 1 aromatic heterocycles. The summed E-state index contributed by atoms with van der Waals surface area (Å²) in [7, 11) is 0. The number of carbonyl (C=O) groups is 1. The van der Waals surface area contributed by atoms with E-state index >= 15 is 0 Å². The maximum Gasteiger partial charge on any atom is 0.336 e. The summed E-state index contributed by atoms with van der Waals surface area (Å²) in [5.74, 6) is -0.141. The first-order valence-corrected chi connectivity index (χ1v) is 7.87. The van der Waals surface area contributed by atoms with Gasteiger partial charge in [0.1, 0.15) is 0 Å². The van der Waals surface area contributed by atoms with Crippen molar-refractivity contribution in [2.75, 3.05) is 5.32 Å². The summed E-state index contributed by atoms with van der Waals surface area (Å²) in [5, 5.41) is 13.0. The summed E-state index contributed by atoms with van der Waals surface area (Å²) in [5.41, 5.74) is 4.31. The maximum atomic E-state index is 11.4. The molecule has 116 valence electrons. The Morgan fingerprint density at radius 3 is 2.91 bits per heavy atom. The summed E-state index contributed by atoms with van der Waals surface area (Å²) in [4.78, 5) is 15.9. The molecule has 1 aromatic carbocycles. The van der Waals surface area contributed by atoms with Crippen LogP contribution < -0.4 is 5.32 Å². The fourth-order valence-corrected chi connectivity index (χ4v) is 3.90. The van der Waals surface area contributed by atoms with Crippen molar-refractivity contribution in [3.8, 4) is 0 Å². The number of hydrogen-bond acceptors (Lipinski definition) is 3. The van der Waals surface area contributed by atoms with Gasteiger partial charge < -0.3 is 10.4 Å². The van der Waals surface area contributed by atoms with Crippen LogP contribution in [-0.4, -0.2) is 16.1 Å². The quantitative estimate of drug-likeness (QED) is 0.826. The van der Waals surface area contributed by atoms with E-state index in [0.29, 0.717) is 17.4 Å². The zero-order valence-electron chi connectivity index (χ0n) is 12.9. The van der Waals surface area contributed by atoms with Crippen LogP contribution in [0, 0.1) is 12.8 Å². The van der Waals surface area contributed by atoms with Crippen LogP contribution >= 0.6 is 0 Å². The minimum Gasteiger partial charge on any atom is -0.478 e. The topological polar surface area (TPSA) is 62.2 Å². The molecule has 2 aliphatic rings. The van der Waals surface area contributed by atoms with E-state index in [4.69, 9.17) is 0 Å². The van der Waals surface area contributed by atoms with Crippen molar-refractivity contribution >= 4 is 11.7 Å². The SMILES string of the molecule is Cc1c(C(=O)O)ccc2c1N[C@H](c1ccccn1)[C@H]1CC=C[C@@H]21. The predicted molar refractivity (Wildman–Crippen MR) is 88.7 cm³/mol. The molecule has 0 saturated carbocycles. The van der Waals surface area contributed by atoms with Crippen molar-refractivity contribution in [2.45, 2.75) is 25.3 Å². The third kappa shape index (κ3) is 2.13. The number of carboxylic acids is 1. The lowest BCUT2D eigenvalue weighted by atomic mass is 9.77. The van der Waals surface area contributed by atoms with E-state index in [0.717, 1.165) is 23.4 Å². The first-order chi connectivity index (χ1) is 11.2. The Balaban J connectivity index is 1.85. The maximum absolute atomic E-state index is 11.4. The highest BCUT2D eigenvalue weighted by atomic mass is 16.4. The standard InChI is InChI=1S/C19H18N2O2/c1-11-12(19(22)23)8-9-15-13-5-4-6-14(13)18(21-17(11)15)16-7-2-3-10-20-16/h2-5,7-10,13-14,18,21H,6H2,1H3,(H,22,23)/t13-,14+,18+/m1/s1. The number of nitrogens with zero attached hydrogens (tertiary/aromatic N) is 1. The number of nitrogens with one attached hydrogen (secondary N) is 1. The van der Waals surface area contributed by atoms with Crippen LogP contribution in [0.3, 0.4) is 0 Å². The lowest BCUT2D eigenvalue weighted by Crippen LogP contribution is -2.30. The van der Waals surface area contributed by atoms with Gasteiger partial charge in [-0.2, -0.15) is 0 Å². The number of carboxylic acid groups (broad SMARTS) is 1. The molecule has 1 aliphatic heterocycles. The monoisotopic (exact) mass is 306 g/mol. The van der Waals surface area contributed by atoms with Crippen LogP contribution in [0.15, 0.2) is 48.7 Å². The molecule has 3 atom stereocenters. The van der Waals surface area contributed by atoms with E-state index in [1.165, 1.54) is 5.56 Å². The Morgan fingerprint density at radius 1 is 1.30 bits per heavy atom. The molecule has 4 heteroatoms. The van der Waals surface area contributed by atoms with Crippen molar-refractivity contribution in [3.05, 3.63) is 71.1 Å². The van der Waals surface area contributed by atoms with Crippen molar-refractivity contribution in [2.24, 2.45) is 5.92 Å². The van der Waals surface area contributed by atoms with Crippen molar-refractivity contribution in [3.63, 3.8) is 0 Å². The van der Waals surface area contributed by atoms with Crippen molar-refractivity contribution < 1.29 is 9.90 Å². The van der Waals surface area contributed by atoms with Gasteiger partial charge in [0, 0.05) is 17.8 Å². The summed E-state index contributed by atoms with van der Waals surface area (Å²) >= 11 is 0. The molecular weight excluding hydrogens is 288 g/mol. The smallest absolute Gasteiger partial charge is 0.336 e. The van der Waals surface area contributed by atoms with Gasteiger partial charge in [-0.05, 0) is 48.6 Å². The van der Waals surface area contributed by atoms with Crippen LogP contribution in [0.4, 0.5) is 5.69 Å². The molecule has 0 spiro atoms. The molecular formula is C19H18N2O2. The molecule has 0 fully saturated rings. The molecule has 0 radical (unpaired) electrons. The van der Waals surface area contributed by atoms with Gasteiger partial charge in [0.05, 0.1) is 17.3 Å². The van der Waals surface area contributed by atoms with Crippen LogP contribution in [0.25, 0.3) is 0 Å². The van der Waals surface area contributed by atoms with Gasteiger partial charge >= 0.3 is 5.97 Å².